The molecule has 0 saturated carbocycles. The Bertz CT molecular complexity index is 282. The van der Waals surface area contributed by atoms with E-state index in [1.807, 2.05) is 0 Å². The molecule has 0 unspecified atom stereocenters. The third-order valence-electron chi connectivity index (χ3n) is 1.23. The summed E-state index contributed by atoms with van der Waals surface area (Å²) >= 11 is 5.45. The van der Waals surface area contributed by atoms with Gasteiger partial charge in [0.15, 0.2) is 5.69 Å². The highest BCUT2D eigenvalue weighted by atomic mass is 35.5. The molecule has 0 aliphatic rings. The molecule has 5 heteroatoms. The van der Waals surface area contributed by atoms with Crippen LogP contribution < -0.4 is 0 Å². The zero-order valence-corrected chi connectivity index (χ0v) is 6.64. The van der Waals surface area contributed by atoms with Crippen molar-refractivity contribution in [3.8, 4) is 0 Å². The Morgan fingerprint density at radius 2 is 2.45 bits per heavy atom. The van der Waals surface area contributed by atoms with E-state index in [-0.39, 0.29) is 11.6 Å². The second-order valence-electron chi connectivity index (χ2n) is 2.09. The van der Waals surface area contributed by atoms with Crippen molar-refractivity contribution in [3.05, 3.63) is 17.2 Å². The third kappa shape index (κ3) is 1.51. The molecule has 2 N–H and O–H groups in total. The van der Waals surface area contributed by atoms with E-state index in [4.69, 9.17) is 16.7 Å². The Hall–Kier alpha value is -1.03. The third-order valence-corrected chi connectivity index (χ3v) is 1.50. The van der Waals surface area contributed by atoms with Gasteiger partial charge in [0.1, 0.15) is 5.82 Å². The molecule has 11 heavy (non-hydrogen) atoms. The van der Waals surface area contributed by atoms with Crippen LogP contribution in [0, 0.1) is 6.92 Å². The molecule has 0 atom stereocenters. The summed E-state index contributed by atoms with van der Waals surface area (Å²) in [5.74, 6) is -0.342. The molecule has 60 valence electrons. The minimum Gasteiger partial charge on any atom is -0.476 e. The number of H-pyrrole nitrogens is 1. The van der Waals surface area contributed by atoms with Crippen molar-refractivity contribution in [3.63, 3.8) is 0 Å². The second kappa shape index (κ2) is 2.92. The number of rotatable bonds is 2. The summed E-state index contributed by atoms with van der Waals surface area (Å²) in [7, 11) is 0. The Morgan fingerprint density at radius 1 is 1.82 bits per heavy atom. The lowest BCUT2D eigenvalue weighted by atomic mass is 10.3. The number of nitrogens with zero attached hydrogens (tertiary/aromatic N) is 1. The lowest BCUT2D eigenvalue weighted by molar-refractivity contribution is 0.0690. The van der Waals surface area contributed by atoms with E-state index in [0.717, 1.165) is 0 Å². The van der Waals surface area contributed by atoms with Crippen molar-refractivity contribution in [2.24, 2.45) is 0 Å². The van der Waals surface area contributed by atoms with Crippen molar-refractivity contribution in [1.82, 2.24) is 9.97 Å². The average molecular weight is 175 g/mol. The van der Waals surface area contributed by atoms with E-state index < -0.39 is 5.97 Å². The van der Waals surface area contributed by atoms with Gasteiger partial charge in [-0.2, -0.15) is 0 Å². The maximum Gasteiger partial charge on any atom is 0.356 e. The summed E-state index contributed by atoms with van der Waals surface area (Å²) in [6, 6.07) is 0. The monoisotopic (exact) mass is 174 g/mol. The molecule has 1 rings (SSSR count). The highest BCUT2D eigenvalue weighted by Gasteiger charge is 2.13. The summed E-state index contributed by atoms with van der Waals surface area (Å²) < 4.78 is 0. The van der Waals surface area contributed by atoms with Crippen molar-refractivity contribution in [2.75, 3.05) is 0 Å². The molecule has 0 radical (unpaired) electrons. The minimum absolute atomic E-state index is 0.0116. The van der Waals surface area contributed by atoms with E-state index in [9.17, 15) is 4.79 Å². The zero-order valence-electron chi connectivity index (χ0n) is 5.89. The Kier molecular flexibility index (Phi) is 2.14. The van der Waals surface area contributed by atoms with E-state index in [1.165, 1.54) is 0 Å². The molecular weight excluding hydrogens is 168 g/mol. The molecule has 0 spiro atoms. The first-order chi connectivity index (χ1) is 5.15. The fraction of sp³-hybridized carbons (Fsp3) is 0.333. The first kappa shape index (κ1) is 8.07. The van der Waals surface area contributed by atoms with Crippen LogP contribution in [0.25, 0.3) is 0 Å². The highest BCUT2D eigenvalue weighted by molar-refractivity contribution is 6.17. The van der Waals surface area contributed by atoms with Gasteiger partial charge in [0.05, 0.1) is 11.6 Å². The standard InChI is InChI=1S/C6H7ClN2O2/c1-3-8-4(2-7)5(9-3)6(10)11/h2H2,1H3,(H,8,9)(H,10,11). The molecule has 1 aromatic rings. The maximum atomic E-state index is 10.5. The number of aromatic nitrogens is 2. The van der Waals surface area contributed by atoms with Crippen molar-refractivity contribution >= 4 is 17.6 Å². The van der Waals surface area contributed by atoms with E-state index in [2.05, 4.69) is 9.97 Å². The van der Waals surface area contributed by atoms with E-state index >= 15 is 0 Å². The van der Waals surface area contributed by atoms with Gasteiger partial charge in [-0.15, -0.1) is 11.6 Å². The minimum atomic E-state index is -1.05. The summed E-state index contributed by atoms with van der Waals surface area (Å²) in [5.41, 5.74) is 0.467. The van der Waals surface area contributed by atoms with Gasteiger partial charge in [-0.3, -0.25) is 0 Å². The number of hydrogen-bond donors (Lipinski definition) is 2. The Morgan fingerprint density at radius 3 is 2.82 bits per heavy atom. The van der Waals surface area contributed by atoms with Gasteiger partial charge in [-0.25, -0.2) is 9.78 Å². The van der Waals surface area contributed by atoms with Gasteiger partial charge in [0, 0.05) is 0 Å². The molecule has 0 saturated heterocycles. The smallest absolute Gasteiger partial charge is 0.356 e. The highest BCUT2D eigenvalue weighted by Crippen LogP contribution is 2.08. The van der Waals surface area contributed by atoms with E-state index in [1.54, 1.807) is 6.92 Å². The number of carbonyl (C=O) groups is 1. The second-order valence-corrected chi connectivity index (χ2v) is 2.36. The average Bonchev–Trinajstić information content (AvgIpc) is 2.30. The van der Waals surface area contributed by atoms with Gasteiger partial charge >= 0.3 is 5.97 Å². The Balaban J connectivity index is 3.12. The number of nitrogens with one attached hydrogen (secondary N) is 1. The van der Waals surface area contributed by atoms with E-state index in [0.29, 0.717) is 11.5 Å². The topological polar surface area (TPSA) is 66.0 Å². The number of alkyl halides is 1. The fourth-order valence-corrected chi connectivity index (χ4v) is 1.01. The molecule has 0 bridgehead atoms. The van der Waals surface area contributed by atoms with Crippen LogP contribution in [0.15, 0.2) is 0 Å². The summed E-state index contributed by atoms with van der Waals surface area (Å²) in [4.78, 5) is 16.9. The maximum absolute atomic E-state index is 10.5. The van der Waals surface area contributed by atoms with Crippen LogP contribution in [-0.2, 0) is 5.88 Å². The van der Waals surface area contributed by atoms with Gasteiger partial charge in [-0.1, -0.05) is 0 Å². The van der Waals surface area contributed by atoms with Crippen LogP contribution in [0.5, 0.6) is 0 Å². The number of carboxylic acid groups (broad SMARTS) is 1. The first-order valence-corrected chi connectivity index (χ1v) is 3.53. The fourth-order valence-electron chi connectivity index (χ4n) is 0.814. The molecule has 0 aliphatic carbocycles. The summed E-state index contributed by atoms with van der Waals surface area (Å²) in [6.45, 7) is 1.68. The van der Waals surface area contributed by atoms with Crippen molar-refractivity contribution < 1.29 is 9.90 Å². The van der Waals surface area contributed by atoms with Gasteiger partial charge in [-0.05, 0) is 6.92 Å². The quantitative estimate of drug-likeness (QED) is 0.662. The molecular formula is C6H7ClN2O2. The van der Waals surface area contributed by atoms with Crippen LogP contribution in [0.1, 0.15) is 22.0 Å². The predicted molar refractivity (Wildman–Crippen MR) is 39.8 cm³/mol. The van der Waals surface area contributed by atoms with Crippen LogP contribution >= 0.6 is 11.6 Å². The molecule has 0 aliphatic heterocycles. The number of aromatic carboxylic acids is 1. The normalized spacial score (nSPS) is 10.0. The van der Waals surface area contributed by atoms with Crippen LogP contribution in [-0.4, -0.2) is 21.0 Å². The number of aromatic amines is 1. The molecule has 1 aromatic heterocycles. The first-order valence-electron chi connectivity index (χ1n) is 3.00. The molecule has 0 amide bonds. The van der Waals surface area contributed by atoms with Crippen molar-refractivity contribution in [2.45, 2.75) is 12.8 Å². The van der Waals surface area contributed by atoms with Crippen LogP contribution in [0.3, 0.4) is 0 Å². The predicted octanol–water partition coefficient (Wildman–Crippen LogP) is 1.16. The van der Waals surface area contributed by atoms with Crippen molar-refractivity contribution in [1.29, 1.82) is 0 Å². The lowest BCUT2D eigenvalue weighted by Crippen LogP contribution is -2.00. The van der Waals surface area contributed by atoms with Gasteiger partial charge in [0.2, 0.25) is 0 Å². The number of carboxylic acids is 1. The lowest BCUT2D eigenvalue weighted by Gasteiger charge is -1.89. The molecule has 4 nitrogen and oxygen atoms in total. The number of imidazole rings is 1. The van der Waals surface area contributed by atoms with Gasteiger partial charge in [0.25, 0.3) is 0 Å². The largest absolute Gasteiger partial charge is 0.476 e. The number of halogens is 1. The molecule has 0 aromatic carbocycles. The van der Waals surface area contributed by atoms with Gasteiger partial charge < -0.3 is 10.1 Å². The summed E-state index contributed by atoms with van der Waals surface area (Å²) in [6.07, 6.45) is 0. The Labute approximate surface area is 68.2 Å². The molecule has 1 heterocycles. The number of aryl methyl sites for hydroxylation is 1. The molecule has 0 fully saturated rings. The zero-order chi connectivity index (χ0) is 8.43. The number of hydrogen-bond acceptors (Lipinski definition) is 2. The van der Waals surface area contributed by atoms with Crippen LogP contribution in [0.2, 0.25) is 0 Å². The van der Waals surface area contributed by atoms with Crippen LogP contribution in [0.4, 0.5) is 0 Å². The summed E-state index contributed by atoms with van der Waals surface area (Å²) in [5, 5.41) is 8.57. The SMILES string of the molecule is Cc1nc(C(=O)O)c(CCl)[nH]1.